The van der Waals surface area contributed by atoms with Gasteiger partial charge in [0.15, 0.2) is 5.58 Å². The fourth-order valence-electron chi connectivity index (χ4n) is 7.25. The number of oxazole rings is 1. The molecule has 7 N–H and O–H groups in total. The number of aromatic nitrogens is 2. The number of unbranched alkanes of at least 4 members (excludes halogenated alkanes) is 1. The Morgan fingerprint density at radius 1 is 0.929 bits per heavy atom. The third-order valence-corrected chi connectivity index (χ3v) is 10.2. The van der Waals surface area contributed by atoms with Crippen LogP contribution in [0, 0.1) is 0 Å². The van der Waals surface area contributed by atoms with Gasteiger partial charge in [-0.05, 0) is 104 Å². The maximum atomic E-state index is 12.9. The summed E-state index contributed by atoms with van der Waals surface area (Å²) in [5.41, 5.74) is 12.3. The van der Waals surface area contributed by atoms with Crippen molar-refractivity contribution in [2.24, 2.45) is 5.73 Å². The first kappa shape index (κ1) is 42.0. The zero-order chi connectivity index (χ0) is 37.6. The molecule has 0 saturated heterocycles. The van der Waals surface area contributed by atoms with Gasteiger partial charge in [0.2, 0.25) is 5.56 Å². The molecule has 0 bridgehead atoms. The number of hydrogen-bond acceptors (Lipinski definition) is 9. The number of halogens is 2. The topological polar surface area (TPSA) is 185 Å². The van der Waals surface area contributed by atoms with Crippen molar-refractivity contribution in [1.82, 2.24) is 14.9 Å². The predicted molar refractivity (Wildman–Crippen MR) is 223 cm³/mol. The lowest BCUT2D eigenvalue weighted by atomic mass is 9.94. The number of ether oxygens (including phenoxy) is 1. The highest BCUT2D eigenvalue weighted by molar-refractivity contribution is 5.92. The molecule has 12 nitrogen and oxygen atoms in total. The van der Waals surface area contributed by atoms with E-state index in [1.807, 2.05) is 60.7 Å². The van der Waals surface area contributed by atoms with Crippen molar-refractivity contribution in [3.63, 3.8) is 0 Å². The minimum absolute atomic E-state index is 0. The van der Waals surface area contributed by atoms with Crippen LogP contribution < -0.4 is 27.7 Å². The summed E-state index contributed by atoms with van der Waals surface area (Å²) in [6, 6.07) is 27.8. The van der Waals surface area contributed by atoms with E-state index in [2.05, 4.69) is 21.7 Å². The molecule has 6 aromatic rings. The van der Waals surface area contributed by atoms with Crippen LogP contribution in [-0.2, 0) is 24.2 Å². The highest BCUT2D eigenvalue weighted by Gasteiger charge is 2.22. The highest BCUT2D eigenvalue weighted by Crippen LogP contribution is 2.31. The number of fused-ring (bicyclic) bond motifs is 2. The number of aliphatic hydroxyl groups is 1. The van der Waals surface area contributed by atoms with Gasteiger partial charge in [-0.25, -0.2) is 9.59 Å². The summed E-state index contributed by atoms with van der Waals surface area (Å²) >= 11 is 0. The number of aliphatic hydroxyl groups excluding tert-OH is 1. The Balaban J connectivity index is 0.00000300. The Labute approximate surface area is 335 Å². The second-order valence-corrected chi connectivity index (χ2v) is 14.0. The first-order chi connectivity index (χ1) is 26.2. The first-order valence-corrected chi connectivity index (χ1v) is 18.5. The predicted octanol–water partition coefficient (Wildman–Crippen LogP) is 7.32. The summed E-state index contributed by atoms with van der Waals surface area (Å²) in [6.45, 7) is 1.15. The zero-order valence-corrected chi connectivity index (χ0v) is 32.4. The van der Waals surface area contributed by atoms with Crippen molar-refractivity contribution in [3.8, 4) is 16.9 Å². The number of H-pyrrole nitrogens is 1. The fourth-order valence-corrected chi connectivity index (χ4v) is 7.25. The number of aromatic hydroxyl groups is 1. The molecule has 2 aromatic heterocycles. The van der Waals surface area contributed by atoms with E-state index in [0.717, 1.165) is 72.7 Å². The van der Waals surface area contributed by atoms with Crippen LogP contribution in [0.1, 0.15) is 61.3 Å². The molecular weight excluding hydrogens is 757 g/mol. The van der Waals surface area contributed by atoms with E-state index in [-0.39, 0.29) is 60.3 Å². The molecule has 14 heteroatoms. The Bertz CT molecular complexity index is 2370. The fraction of sp³-hybridized carbons (Fsp3) is 0.310. The highest BCUT2D eigenvalue weighted by atomic mass is 35.5. The van der Waals surface area contributed by atoms with Crippen molar-refractivity contribution in [3.05, 3.63) is 129 Å². The van der Waals surface area contributed by atoms with E-state index in [0.29, 0.717) is 35.3 Å². The Morgan fingerprint density at radius 3 is 2.48 bits per heavy atom. The molecule has 0 radical (unpaired) electrons. The molecular formula is C42H47Cl2N5O7. The van der Waals surface area contributed by atoms with Crippen LogP contribution in [0.25, 0.3) is 33.1 Å². The van der Waals surface area contributed by atoms with Gasteiger partial charge in [0.05, 0.1) is 22.8 Å². The monoisotopic (exact) mass is 803 g/mol. The number of aromatic amines is 1. The molecule has 1 atom stereocenters. The number of amides is 1. The molecule has 1 aliphatic carbocycles. The zero-order valence-electron chi connectivity index (χ0n) is 30.7. The number of nitrogens with one attached hydrogen (secondary N) is 3. The van der Waals surface area contributed by atoms with E-state index in [9.17, 15) is 24.6 Å². The maximum Gasteiger partial charge on any atom is 0.419 e. The number of rotatable bonds is 13. The minimum Gasteiger partial charge on any atom is -0.506 e. The third kappa shape index (κ3) is 10.00. The van der Waals surface area contributed by atoms with Crippen LogP contribution in [0.3, 0.4) is 0 Å². The van der Waals surface area contributed by atoms with Crippen LogP contribution in [-0.4, -0.2) is 44.5 Å². The molecule has 7 rings (SSSR count). The lowest BCUT2D eigenvalue weighted by Gasteiger charge is -2.26. The summed E-state index contributed by atoms with van der Waals surface area (Å²) < 4.78 is 13.0. The molecule has 0 spiro atoms. The SMILES string of the molecule is Cl.Cl.NC1CCC(OC(=O)Nc2ccc(CCCCn3c(=O)oc4cc(CNC[C@H](O)c5ccc(O)c6[nH]c(=O)ccc56)ccc43)cc2-c2ccccc2)CC1. The number of carbonyl (C=O) groups is 1. The van der Waals surface area contributed by atoms with Gasteiger partial charge in [-0.1, -0.05) is 48.5 Å². The lowest BCUT2D eigenvalue weighted by molar-refractivity contribution is 0.0826. The van der Waals surface area contributed by atoms with E-state index >= 15 is 0 Å². The summed E-state index contributed by atoms with van der Waals surface area (Å²) in [6.07, 6.45) is 4.18. The first-order valence-electron chi connectivity index (χ1n) is 18.5. The van der Waals surface area contributed by atoms with Gasteiger partial charge in [0, 0.05) is 42.7 Å². The largest absolute Gasteiger partial charge is 0.506 e. The van der Waals surface area contributed by atoms with Gasteiger partial charge in [0.25, 0.3) is 0 Å². The molecule has 4 aromatic carbocycles. The molecule has 0 unspecified atom stereocenters. The summed E-state index contributed by atoms with van der Waals surface area (Å²) in [5.74, 6) is -0.473. The second kappa shape index (κ2) is 19.2. The van der Waals surface area contributed by atoms with E-state index in [1.54, 1.807) is 16.7 Å². The van der Waals surface area contributed by atoms with Crippen molar-refractivity contribution in [2.45, 2.75) is 76.3 Å². The van der Waals surface area contributed by atoms with Gasteiger partial charge in [-0.2, -0.15) is 0 Å². The number of hydrogen-bond donors (Lipinski definition) is 6. The molecule has 56 heavy (non-hydrogen) atoms. The van der Waals surface area contributed by atoms with Crippen LogP contribution in [0.15, 0.2) is 105 Å². The average molecular weight is 805 g/mol. The normalized spacial score (nSPS) is 15.8. The quantitative estimate of drug-likeness (QED) is 0.0652. The molecule has 296 valence electrons. The summed E-state index contributed by atoms with van der Waals surface area (Å²) in [4.78, 5) is 40.0. The average Bonchev–Trinajstić information content (AvgIpc) is 3.49. The van der Waals surface area contributed by atoms with E-state index < -0.39 is 18.0 Å². The van der Waals surface area contributed by atoms with Crippen LogP contribution in [0.4, 0.5) is 10.5 Å². The number of benzene rings is 4. The van der Waals surface area contributed by atoms with E-state index in [1.165, 1.54) is 12.1 Å². The maximum absolute atomic E-state index is 12.9. The standard InChI is InChI=1S/C42H45N5O7.2ClH/c43-29-11-13-30(14-12-29)53-41(51)45-34-17-9-26(22-33(34)28-7-2-1-3-8-28)6-4-5-21-47-35-18-10-27(23-38(35)54-42(47)52)24-44-25-37(49)31-15-19-36(48)40-32(31)16-20-39(50)46-40;;/h1-3,7-10,15-20,22-23,29-30,37,44,48-49H,4-6,11-14,21,24-25,43H2,(H,45,51)(H,46,50);2*1H/t29?,30?,37-;;/m0../s1. The third-order valence-electron chi connectivity index (χ3n) is 10.2. The van der Waals surface area contributed by atoms with Crippen LogP contribution in [0.5, 0.6) is 5.75 Å². The van der Waals surface area contributed by atoms with Gasteiger partial charge < -0.3 is 35.4 Å². The van der Waals surface area contributed by atoms with Crippen LogP contribution >= 0.6 is 24.8 Å². The Hall–Kier alpha value is -5.11. The van der Waals surface area contributed by atoms with Crippen molar-refractivity contribution < 1.29 is 24.2 Å². The summed E-state index contributed by atoms with van der Waals surface area (Å²) in [7, 11) is 0. The lowest BCUT2D eigenvalue weighted by Crippen LogP contribution is -2.32. The molecule has 1 amide bonds. The number of carbonyl (C=O) groups excluding carboxylic acids is 1. The Morgan fingerprint density at radius 2 is 1.70 bits per heavy atom. The number of nitrogens with two attached hydrogens (primary N) is 1. The number of pyridine rings is 1. The molecule has 1 fully saturated rings. The van der Waals surface area contributed by atoms with Crippen LogP contribution in [0.2, 0.25) is 0 Å². The molecule has 1 saturated carbocycles. The number of aryl methyl sites for hydroxylation is 2. The number of anilines is 1. The van der Waals surface area contributed by atoms with Crippen molar-refractivity contribution >= 4 is 58.6 Å². The molecule has 1 aliphatic rings. The van der Waals surface area contributed by atoms with Crippen molar-refractivity contribution in [1.29, 1.82) is 0 Å². The van der Waals surface area contributed by atoms with Gasteiger partial charge >= 0.3 is 11.8 Å². The minimum atomic E-state index is -0.892. The number of nitrogens with zero attached hydrogens (tertiary/aromatic N) is 1. The van der Waals surface area contributed by atoms with Gasteiger partial charge in [-0.15, -0.1) is 24.8 Å². The number of phenols is 1. The smallest absolute Gasteiger partial charge is 0.419 e. The second-order valence-electron chi connectivity index (χ2n) is 14.0. The number of phenolic OH excluding ortho intramolecular Hbond substituents is 1. The molecule has 2 heterocycles. The summed E-state index contributed by atoms with van der Waals surface area (Å²) in [5, 5.41) is 27.8. The van der Waals surface area contributed by atoms with Crippen molar-refractivity contribution in [2.75, 3.05) is 11.9 Å². The van der Waals surface area contributed by atoms with E-state index in [4.69, 9.17) is 14.9 Å². The van der Waals surface area contributed by atoms with Gasteiger partial charge in [0.1, 0.15) is 11.9 Å². The molecule has 0 aliphatic heterocycles. The van der Waals surface area contributed by atoms with Gasteiger partial charge in [-0.3, -0.25) is 14.7 Å². The Kier molecular flexibility index (Phi) is 14.4.